The van der Waals surface area contributed by atoms with Crippen molar-refractivity contribution in [3.8, 4) is 0 Å². The van der Waals surface area contributed by atoms with Gasteiger partial charge in [0.2, 0.25) is 6.43 Å². The molecule has 0 bridgehead atoms. The maximum Gasteiger partial charge on any atom is 0.243 e. The lowest BCUT2D eigenvalue weighted by Gasteiger charge is -2.20. The summed E-state index contributed by atoms with van der Waals surface area (Å²) >= 11 is 5.66. The zero-order chi connectivity index (χ0) is 26.3. The molecule has 0 saturated heterocycles. The van der Waals surface area contributed by atoms with Crippen molar-refractivity contribution in [3.05, 3.63) is 41.2 Å². The van der Waals surface area contributed by atoms with E-state index in [0.29, 0.717) is 23.4 Å². The summed E-state index contributed by atoms with van der Waals surface area (Å²) in [6.45, 7) is 27.4. The standard InChI is InChI=1S/C12H15ClFN.C7H12F2.C5H12.C3H8/c1-7(2)9(4)15-12-6-11(14)10(13)5-8(12)3;1-4-5-7(2,3)6(8)9;1-5(2,3)4;1-3-2/h5-7H,1-4H3;4,6H,1,5H2,2-3H3;1-4H3;3H2,1-2H3. The van der Waals surface area contributed by atoms with E-state index in [0.717, 1.165) is 11.3 Å². The van der Waals surface area contributed by atoms with Crippen LogP contribution in [0.5, 0.6) is 0 Å². The van der Waals surface area contributed by atoms with Gasteiger partial charge < -0.3 is 0 Å². The second kappa shape index (κ2) is 17.2. The van der Waals surface area contributed by atoms with Crippen molar-refractivity contribution in [1.29, 1.82) is 0 Å². The molecule has 1 rings (SSSR count). The minimum absolute atomic E-state index is 0.147. The lowest BCUT2D eigenvalue weighted by molar-refractivity contribution is 0.0218. The summed E-state index contributed by atoms with van der Waals surface area (Å²) in [7, 11) is 0. The fourth-order valence-corrected chi connectivity index (χ4v) is 1.75. The molecule has 0 radical (unpaired) electrons. The lowest BCUT2D eigenvalue weighted by Crippen LogP contribution is -2.20. The molecule has 1 aromatic carbocycles. The summed E-state index contributed by atoms with van der Waals surface area (Å²) < 4.78 is 37.1. The van der Waals surface area contributed by atoms with E-state index in [-0.39, 0.29) is 5.02 Å². The molecule has 1 aromatic rings. The fraction of sp³-hybridized carbons (Fsp3) is 0.667. The van der Waals surface area contributed by atoms with Crippen LogP contribution in [0, 0.1) is 29.5 Å². The van der Waals surface area contributed by atoms with Crippen LogP contribution in [0.15, 0.2) is 29.8 Å². The Morgan fingerprint density at radius 2 is 1.50 bits per heavy atom. The molecule has 0 aromatic heterocycles. The molecule has 0 saturated carbocycles. The van der Waals surface area contributed by atoms with Gasteiger partial charge in [-0.15, -0.1) is 6.58 Å². The summed E-state index contributed by atoms with van der Waals surface area (Å²) in [5, 5.41) is 0.147. The molecular weight excluding hydrogens is 431 g/mol. The summed E-state index contributed by atoms with van der Waals surface area (Å²) in [6.07, 6.45) is 0.882. The minimum Gasteiger partial charge on any atom is -0.257 e. The number of hydrogen-bond acceptors (Lipinski definition) is 1. The first-order valence-corrected chi connectivity index (χ1v) is 11.6. The van der Waals surface area contributed by atoms with Crippen molar-refractivity contribution in [2.45, 2.75) is 102 Å². The van der Waals surface area contributed by atoms with Gasteiger partial charge in [0.1, 0.15) is 5.82 Å². The Bertz CT molecular complexity index is 666. The average Bonchev–Trinajstić information content (AvgIpc) is 2.59. The molecule has 0 fully saturated rings. The smallest absolute Gasteiger partial charge is 0.243 e. The van der Waals surface area contributed by atoms with E-state index in [9.17, 15) is 13.2 Å². The number of aliphatic imine (C=N–C) groups is 1. The minimum atomic E-state index is -2.25. The van der Waals surface area contributed by atoms with Gasteiger partial charge in [0, 0.05) is 17.2 Å². The van der Waals surface area contributed by atoms with Crippen molar-refractivity contribution in [2.24, 2.45) is 21.7 Å². The van der Waals surface area contributed by atoms with Gasteiger partial charge in [-0.2, -0.15) is 0 Å². The molecule has 0 unspecified atom stereocenters. The third-order valence-corrected chi connectivity index (χ3v) is 3.92. The van der Waals surface area contributed by atoms with Crippen LogP contribution in [0.2, 0.25) is 5.02 Å². The lowest BCUT2D eigenvalue weighted by atomic mass is 9.90. The highest BCUT2D eigenvalue weighted by Gasteiger charge is 2.27. The van der Waals surface area contributed by atoms with Crippen molar-refractivity contribution in [1.82, 2.24) is 0 Å². The predicted molar refractivity (Wildman–Crippen MR) is 139 cm³/mol. The van der Waals surface area contributed by atoms with Crippen molar-refractivity contribution in [3.63, 3.8) is 0 Å². The van der Waals surface area contributed by atoms with E-state index in [2.05, 4.69) is 67.0 Å². The molecule has 32 heavy (non-hydrogen) atoms. The molecule has 0 aliphatic rings. The number of aryl methyl sites for hydroxylation is 1. The number of allylic oxidation sites excluding steroid dienone is 1. The van der Waals surface area contributed by atoms with Crippen LogP contribution in [0.1, 0.15) is 94.6 Å². The van der Waals surface area contributed by atoms with E-state index in [4.69, 9.17) is 11.6 Å². The number of halogens is 4. The van der Waals surface area contributed by atoms with E-state index in [1.807, 2.05) is 13.8 Å². The number of rotatable bonds is 5. The van der Waals surface area contributed by atoms with Crippen LogP contribution in [-0.4, -0.2) is 12.1 Å². The summed E-state index contributed by atoms with van der Waals surface area (Å²) in [4.78, 5) is 4.38. The first-order chi connectivity index (χ1) is 14.3. The van der Waals surface area contributed by atoms with Crippen molar-refractivity contribution >= 4 is 23.0 Å². The SMILES string of the molecule is C=CCC(C)(C)C(F)F.CC(=Nc1cc(F)c(Cl)cc1C)C(C)C.CC(C)(C)C.CCC. The molecule has 0 spiro atoms. The highest BCUT2D eigenvalue weighted by atomic mass is 35.5. The Kier molecular flexibility index (Phi) is 19.0. The van der Waals surface area contributed by atoms with Crippen LogP contribution in [0.3, 0.4) is 0 Å². The van der Waals surface area contributed by atoms with Gasteiger partial charge in [-0.3, -0.25) is 4.99 Å². The van der Waals surface area contributed by atoms with E-state index >= 15 is 0 Å². The van der Waals surface area contributed by atoms with Gasteiger partial charge >= 0.3 is 0 Å². The molecule has 0 heterocycles. The molecule has 188 valence electrons. The molecule has 5 heteroatoms. The topological polar surface area (TPSA) is 12.4 Å². The zero-order valence-corrected chi connectivity index (χ0v) is 23.2. The quantitative estimate of drug-likeness (QED) is 0.295. The maximum atomic E-state index is 13.2. The van der Waals surface area contributed by atoms with Crippen molar-refractivity contribution < 1.29 is 13.2 Å². The van der Waals surface area contributed by atoms with Gasteiger partial charge in [-0.1, -0.05) is 93.3 Å². The molecule has 0 aliphatic carbocycles. The van der Waals surface area contributed by atoms with Gasteiger partial charge in [0.25, 0.3) is 0 Å². The fourth-order valence-electron chi connectivity index (χ4n) is 1.54. The Hall–Kier alpha value is -1.29. The van der Waals surface area contributed by atoms with Crippen molar-refractivity contribution in [2.75, 3.05) is 0 Å². The molecular formula is C27H47ClF3N. The third kappa shape index (κ3) is 20.6. The van der Waals surface area contributed by atoms with Gasteiger partial charge in [0.15, 0.2) is 0 Å². The van der Waals surface area contributed by atoms with Gasteiger partial charge in [-0.05, 0) is 43.2 Å². The largest absolute Gasteiger partial charge is 0.257 e. The van der Waals surface area contributed by atoms with Gasteiger partial charge in [-0.25, -0.2) is 13.2 Å². The highest BCUT2D eigenvalue weighted by Crippen LogP contribution is 2.28. The Labute approximate surface area is 201 Å². The number of alkyl halides is 2. The van der Waals surface area contributed by atoms with E-state index in [1.54, 1.807) is 6.07 Å². The molecule has 0 amide bonds. The second-order valence-electron chi connectivity index (χ2n) is 10.4. The summed E-state index contributed by atoms with van der Waals surface area (Å²) in [5.41, 5.74) is 2.13. The highest BCUT2D eigenvalue weighted by molar-refractivity contribution is 6.30. The number of benzene rings is 1. The average molecular weight is 478 g/mol. The number of hydrogen-bond donors (Lipinski definition) is 0. The number of nitrogens with zero attached hydrogens (tertiary/aromatic N) is 1. The molecule has 1 nitrogen and oxygen atoms in total. The monoisotopic (exact) mass is 477 g/mol. The summed E-state index contributed by atoms with van der Waals surface area (Å²) in [5.74, 6) is -0.0549. The third-order valence-electron chi connectivity index (χ3n) is 3.63. The van der Waals surface area contributed by atoms with Crippen LogP contribution in [-0.2, 0) is 0 Å². The van der Waals surface area contributed by atoms with Crippen LogP contribution >= 0.6 is 11.6 Å². The van der Waals surface area contributed by atoms with Crippen LogP contribution in [0.25, 0.3) is 0 Å². The Balaban J connectivity index is -0.000000420. The summed E-state index contributed by atoms with van der Waals surface area (Å²) in [6, 6.07) is 2.98. The Morgan fingerprint density at radius 3 is 1.78 bits per heavy atom. The predicted octanol–water partition coefficient (Wildman–Crippen LogP) is 10.9. The normalized spacial score (nSPS) is 11.6. The van der Waals surface area contributed by atoms with E-state index < -0.39 is 17.7 Å². The molecule has 0 atom stereocenters. The molecule has 0 aliphatic heterocycles. The van der Waals surface area contributed by atoms with E-state index in [1.165, 1.54) is 32.4 Å². The zero-order valence-electron chi connectivity index (χ0n) is 22.5. The van der Waals surface area contributed by atoms with Crippen LogP contribution in [0.4, 0.5) is 18.9 Å². The second-order valence-corrected chi connectivity index (χ2v) is 10.9. The van der Waals surface area contributed by atoms with Gasteiger partial charge in [0.05, 0.1) is 10.7 Å². The molecule has 0 N–H and O–H groups in total. The Morgan fingerprint density at radius 1 is 1.09 bits per heavy atom. The first-order valence-electron chi connectivity index (χ1n) is 11.2. The maximum absolute atomic E-state index is 13.2. The van der Waals surface area contributed by atoms with Crippen LogP contribution < -0.4 is 0 Å². The first kappa shape index (κ1) is 35.3.